The summed E-state index contributed by atoms with van der Waals surface area (Å²) in [5, 5.41) is 11.4. The molecule has 1 unspecified atom stereocenters. The molecule has 1 aromatic rings. The van der Waals surface area contributed by atoms with E-state index in [0.717, 1.165) is 38.0 Å². The molecule has 1 atom stereocenters. The van der Waals surface area contributed by atoms with E-state index in [9.17, 15) is 5.11 Å². The Labute approximate surface area is 131 Å². The Morgan fingerprint density at radius 2 is 1.76 bits per heavy atom. The number of aryl methyl sites for hydroxylation is 1. The number of hydrogen-bond donors (Lipinski definition) is 1. The second kappa shape index (κ2) is 7.95. The van der Waals surface area contributed by atoms with Crippen molar-refractivity contribution in [3.05, 3.63) is 34.9 Å². The highest BCUT2D eigenvalue weighted by molar-refractivity contribution is 5.37. The van der Waals surface area contributed by atoms with Gasteiger partial charge in [-0.1, -0.05) is 59.2 Å². The largest absolute Gasteiger partial charge is 0.384 e. The van der Waals surface area contributed by atoms with Gasteiger partial charge in [0.05, 0.1) is 0 Å². The Hall–Kier alpha value is -0.860. The number of aliphatic hydroxyl groups is 1. The molecule has 120 valence electrons. The summed E-state index contributed by atoms with van der Waals surface area (Å²) in [5.74, 6) is 0.490. The van der Waals surface area contributed by atoms with E-state index in [1.165, 1.54) is 11.1 Å². The molecule has 0 spiro atoms. The Bertz CT molecular complexity index is 437. The van der Waals surface area contributed by atoms with Crippen LogP contribution in [-0.4, -0.2) is 29.6 Å². The minimum Gasteiger partial charge on any atom is -0.384 e. The molecule has 0 aliphatic carbocycles. The van der Waals surface area contributed by atoms with Crippen LogP contribution >= 0.6 is 0 Å². The Morgan fingerprint density at radius 1 is 1.14 bits per heavy atom. The van der Waals surface area contributed by atoms with Gasteiger partial charge in [-0.3, -0.25) is 0 Å². The summed E-state index contributed by atoms with van der Waals surface area (Å²) < 4.78 is 0. The maximum atomic E-state index is 11.4. The Kier molecular flexibility index (Phi) is 6.89. The average molecular weight is 291 g/mol. The number of likely N-dealkylation sites (N-methyl/N-ethyl adjacent to an activating group) is 1. The zero-order chi connectivity index (χ0) is 16.0. The van der Waals surface area contributed by atoms with Crippen LogP contribution < -0.4 is 0 Å². The van der Waals surface area contributed by atoms with Gasteiger partial charge >= 0.3 is 0 Å². The number of rotatable bonds is 8. The quantitative estimate of drug-likeness (QED) is 0.765. The van der Waals surface area contributed by atoms with Crippen molar-refractivity contribution in [1.82, 2.24) is 4.90 Å². The summed E-state index contributed by atoms with van der Waals surface area (Å²) in [7, 11) is 0. The van der Waals surface area contributed by atoms with Crippen LogP contribution in [0.3, 0.4) is 0 Å². The third kappa shape index (κ3) is 4.55. The third-order valence-electron chi connectivity index (χ3n) is 4.47. The van der Waals surface area contributed by atoms with Crippen molar-refractivity contribution in [1.29, 1.82) is 0 Å². The van der Waals surface area contributed by atoms with E-state index in [0.29, 0.717) is 5.92 Å². The Balaban J connectivity index is 3.22. The molecule has 0 fully saturated rings. The van der Waals surface area contributed by atoms with Crippen LogP contribution in [0, 0.1) is 6.92 Å². The van der Waals surface area contributed by atoms with Gasteiger partial charge in [-0.15, -0.1) is 0 Å². The topological polar surface area (TPSA) is 23.5 Å². The second-order valence-corrected chi connectivity index (χ2v) is 6.47. The van der Waals surface area contributed by atoms with Crippen molar-refractivity contribution in [3.63, 3.8) is 0 Å². The van der Waals surface area contributed by atoms with Crippen molar-refractivity contribution < 1.29 is 5.11 Å². The first-order chi connectivity index (χ1) is 9.87. The lowest BCUT2D eigenvalue weighted by atomic mass is 9.83. The summed E-state index contributed by atoms with van der Waals surface area (Å²) in [6.07, 6.45) is 1.80. The molecule has 0 amide bonds. The molecule has 0 heterocycles. The molecule has 2 heteroatoms. The first kappa shape index (κ1) is 18.2. The van der Waals surface area contributed by atoms with Crippen molar-refractivity contribution in [3.8, 4) is 0 Å². The molecule has 1 rings (SSSR count). The predicted octanol–water partition coefficient (Wildman–Crippen LogP) is 4.45. The summed E-state index contributed by atoms with van der Waals surface area (Å²) >= 11 is 0. The second-order valence-electron chi connectivity index (χ2n) is 6.47. The van der Waals surface area contributed by atoms with E-state index in [4.69, 9.17) is 0 Å². The summed E-state index contributed by atoms with van der Waals surface area (Å²) in [4.78, 5) is 2.32. The number of nitrogens with zero attached hydrogens (tertiary/aromatic N) is 1. The monoisotopic (exact) mass is 291 g/mol. The first-order valence-electron chi connectivity index (χ1n) is 8.43. The van der Waals surface area contributed by atoms with Gasteiger partial charge < -0.3 is 10.0 Å². The van der Waals surface area contributed by atoms with Crippen LogP contribution in [0.2, 0.25) is 0 Å². The van der Waals surface area contributed by atoms with E-state index in [-0.39, 0.29) is 0 Å². The summed E-state index contributed by atoms with van der Waals surface area (Å²) in [6, 6.07) is 6.57. The van der Waals surface area contributed by atoms with Crippen LogP contribution in [0.4, 0.5) is 0 Å². The van der Waals surface area contributed by atoms with Crippen LogP contribution in [0.25, 0.3) is 0 Å². The number of hydrogen-bond acceptors (Lipinski definition) is 2. The molecule has 1 aromatic carbocycles. The maximum Gasteiger partial charge on any atom is 0.102 e. The summed E-state index contributed by atoms with van der Waals surface area (Å²) in [5.41, 5.74) is 2.88. The molecule has 1 N–H and O–H groups in total. The lowest BCUT2D eigenvalue weighted by Gasteiger charge is -2.35. The van der Waals surface area contributed by atoms with Crippen LogP contribution in [-0.2, 0) is 5.60 Å². The molecule has 0 aromatic heterocycles. The molecule has 0 saturated heterocycles. The van der Waals surface area contributed by atoms with Gasteiger partial charge in [0.15, 0.2) is 0 Å². The zero-order valence-electron chi connectivity index (χ0n) is 14.7. The standard InChI is InChI=1S/C19H33NO/c1-7-12-19(21,14-20(8-2)9-3)18-13-17(15(4)5)11-10-16(18)6/h10-11,13,15,21H,7-9,12,14H2,1-6H3. The fraction of sp³-hybridized carbons (Fsp3) is 0.684. The number of benzene rings is 1. The fourth-order valence-electron chi connectivity index (χ4n) is 3.03. The summed E-state index contributed by atoms with van der Waals surface area (Å²) in [6.45, 7) is 15.7. The molecule has 2 nitrogen and oxygen atoms in total. The van der Waals surface area contributed by atoms with Gasteiger partial charge in [-0.05, 0) is 49.0 Å². The third-order valence-corrected chi connectivity index (χ3v) is 4.47. The van der Waals surface area contributed by atoms with Crippen molar-refractivity contribution in [2.24, 2.45) is 0 Å². The van der Waals surface area contributed by atoms with E-state index >= 15 is 0 Å². The van der Waals surface area contributed by atoms with E-state index < -0.39 is 5.60 Å². The van der Waals surface area contributed by atoms with Crippen LogP contribution in [0.5, 0.6) is 0 Å². The van der Waals surface area contributed by atoms with Crippen molar-refractivity contribution >= 4 is 0 Å². The highest BCUT2D eigenvalue weighted by Gasteiger charge is 2.31. The molecule has 0 aliphatic heterocycles. The lowest BCUT2D eigenvalue weighted by molar-refractivity contribution is -0.00744. The zero-order valence-corrected chi connectivity index (χ0v) is 14.7. The maximum absolute atomic E-state index is 11.4. The highest BCUT2D eigenvalue weighted by Crippen LogP contribution is 2.32. The van der Waals surface area contributed by atoms with E-state index in [2.05, 4.69) is 64.6 Å². The minimum absolute atomic E-state index is 0.490. The van der Waals surface area contributed by atoms with Crippen molar-refractivity contribution in [2.45, 2.75) is 65.9 Å². The van der Waals surface area contributed by atoms with Crippen LogP contribution in [0.1, 0.15) is 70.1 Å². The molecule has 0 aliphatic rings. The van der Waals surface area contributed by atoms with Crippen LogP contribution in [0.15, 0.2) is 18.2 Å². The Morgan fingerprint density at radius 3 is 2.24 bits per heavy atom. The van der Waals surface area contributed by atoms with Gasteiger partial charge in [0.2, 0.25) is 0 Å². The SMILES string of the molecule is CCCC(O)(CN(CC)CC)c1cc(C(C)C)ccc1C. The molecule has 0 bridgehead atoms. The first-order valence-corrected chi connectivity index (χ1v) is 8.43. The van der Waals surface area contributed by atoms with Gasteiger partial charge in [-0.25, -0.2) is 0 Å². The van der Waals surface area contributed by atoms with E-state index in [1.807, 2.05) is 0 Å². The van der Waals surface area contributed by atoms with E-state index in [1.54, 1.807) is 0 Å². The van der Waals surface area contributed by atoms with Gasteiger partial charge in [-0.2, -0.15) is 0 Å². The van der Waals surface area contributed by atoms with Gasteiger partial charge in [0.25, 0.3) is 0 Å². The smallest absolute Gasteiger partial charge is 0.102 e. The fourth-order valence-corrected chi connectivity index (χ4v) is 3.03. The molecule has 0 saturated carbocycles. The highest BCUT2D eigenvalue weighted by atomic mass is 16.3. The van der Waals surface area contributed by atoms with Gasteiger partial charge in [0.1, 0.15) is 5.60 Å². The molecule has 21 heavy (non-hydrogen) atoms. The van der Waals surface area contributed by atoms with Gasteiger partial charge in [0, 0.05) is 6.54 Å². The molecular formula is C19H33NO. The average Bonchev–Trinajstić information content (AvgIpc) is 2.45. The normalized spacial score (nSPS) is 14.7. The predicted molar refractivity (Wildman–Crippen MR) is 91.9 cm³/mol. The molecular weight excluding hydrogens is 258 g/mol. The molecule has 0 radical (unpaired) electrons. The lowest BCUT2D eigenvalue weighted by Crippen LogP contribution is -2.41. The van der Waals surface area contributed by atoms with Crippen molar-refractivity contribution in [2.75, 3.05) is 19.6 Å². The minimum atomic E-state index is -0.740.